The highest BCUT2D eigenvalue weighted by Gasteiger charge is 2.40. The molecule has 2 aliphatic rings. The number of hydrogen-bond donors (Lipinski definition) is 2. The van der Waals surface area contributed by atoms with Crippen LogP contribution >= 0.6 is 0 Å². The first-order valence-corrected chi connectivity index (χ1v) is 7.27. The lowest BCUT2D eigenvalue weighted by Crippen LogP contribution is -2.55. The maximum absolute atomic E-state index is 11.8. The van der Waals surface area contributed by atoms with Crippen LogP contribution in [0.2, 0.25) is 0 Å². The van der Waals surface area contributed by atoms with Crippen LogP contribution in [0.1, 0.15) is 59.8 Å². The number of rotatable bonds is 2. The first kappa shape index (κ1) is 14.5. The molecule has 1 atom stereocenters. The van der Waals surface area contributed by atoms with Gasteiger partial charge >= 0.3 is 0 Å². The topological polar surface area (TPSA) is 58.2 Å². The van der Waals surface area contributed by atoms with Gasteiger partial charge in [0, 0.05) is 12.5 Å². The second kappa shape index (κ2) is 4.89. The summed E-state index contributed by atoms with van der Waals surface area (Å²) >= 11 is 0. The summed E-state index contributed by atoms with van der Waals surface area (Å²) in [4.78, 5) is 23.0. The highest BCUT2D eigenvalue weighted by molar-refractivity contribution is 6.00. The lowest BCUT2D eigenvalue weighted by molar-refractivity contribution is -0.135. The number of carbonyl (C=O) groups is 2. The van der Waals surface area contributed by atoms with Gasteiger partial charge in [-0.25, -0.2) is 0 Å². The molecule has 1 saturated carbocycles. The molecule has 4 heteroatoms. The average Bonchev–Trinajstić information content (AvgIpc) is 2.17. The number of piperidine rings is 1. The Hall–Kier alpha value is -0.900. The summed E-state index contributed by atoms with van der Waals surface area (Å²) in [6.07, 6.45) is 4.47. The maximum Gasteiger partial charge on any atom is 0.243 e. The fourth-order valence-corrected chi connectivity index (χ4v) is 4.10. The molecule has 1 aliphatic carbocycles. The standard InChI is InChI=1S/C15H26N2O2/c1-14(2)7-10(8-15(3,4)9-14)16-11-5-6-12(18)17-13(11)19/h10-11,16H,5-9H2,1-4H3,(H,17,18,19). The zero-order valence-corrected chi connectivity index (χ0v) is 12.5. The van der Waals surface area contributed by atoms with Crippen LogP contribution in [0.5, 0.6) is 0 Å². The van der Waals surface area contributed by atoms with E-state index in [1.54, 1.807) is 0 Å². The van der Waals surface area contributed by atoms with E-state index in [0.29, 0.717) is 29.7 Å². The summed E-state index contributed by atoms with van der Waals surface area (Å²) in [6, 6.07) is 0.162. The van der Waals surface area contributed by atoms with E-state index in [2.05, 4.69) is 38.3 Å². The minimum Gasteiger partial charge on any atom is -0.303 e. The number of nitrogens with one attached hydrogen (secondary N) is 2. The summed E-state index contributed by atoms with van der Waals surface area (Å²) in [5.41, 5.74) is 0.612. The Morgan fingerprint density at radius 2 is 1.68 bits per heavy atom. The molecule has 0 aromatic carbocycles. The van der Waals surface area contributed by atoms with Crippen molar-refractivity contribution in [1.82, 2.24) is 10.6 Å². The second-order valence-electron chi connectivity index (χ2n) is 7.78. The van der Waals surface area contributed by atoms with Crippen LogP contribution in [-0.4, -0.2) is 23.9 Å². The van der Waals surface area contributed by atoms with E-state index in [9.17, 15) is 9.59 Å². The summed E-state index contributed by atoms with van der Waals surface area (Å²) < 4.78 is 0. The van der Waals surface area contributed by atoms with Crippen LogP contribution in [-0.2, 0) is 9.59 Å². The van der Waals surface area contributed by atoms with Crippen molar-refractivity contribution in [2.75, 3.05) is 0 Å². The van der Waals surface area contributed by atoms with Gasteiger partial charge in [-0.1, -0.05) is 27.7 Å². The summed E-state index contributed by atoms with van der Waals surface area (Å²) in [6.45, 7) is 9.19. The molecule has 0 radical (unpaired) electrons. The van der Waals surface area contributed by atoms with E-state index >= 15 is 0 Å². The van der Waals surface area contributed by atoms with E-state index in [0.717, 1.165) is 12.8 Å². The van der Waals surface area contributed by atoms with E-state index in [4.69, 9.17) is 0 Å². The molecule has 1 unspecified atom stereocenters. The van der Waals surface area contributed by atoms with Crippen molar-refractivity contribution in [1.29, 1.82) is 0 Å². The summed E-state index contributed by atoms with van der Waals surface area (Å²) in [7, 11) is 0. The third-order valence-electron chi connectivity index (χ3n) is 4.23. The predicted octanol–water partition coefficient (Wildman–Crippen LogP) is 1.99. The van der Waals surface area contributed by atoms with Gasteiger partial charge in [0.2, 0.25) is 11.8 Å². The molecule has 2 rings (SSSR count). The molecule has 1 saturated heterocycles. The molecule has 0 bridgehead atoms. The van der Waals surface area contributed by atoms with Gasteiger partial charge < -0.3 is 5.32 Å². The molecule has 0 aromatic heterocycles. The van der Waals surface area contributed by atoms with Gasteiger partial charge in [0.25, 0.3) is 0 Å². The summed E-state index contributed by atoms with van der Waals surface area (Å²) in [5, 5.41) is 5.90. The quantitative estimate of drug-likeness (QED) is 0.751. The van der Waals surface area contributed by atoms with E-state index < -0.39 is 0 Å². The van der Waals surface area contributed by atoms with Crippen molar-refractivity contribution in [3.63, 3.8) is 0 Å². The van der Waals surface area contributed by atoms with Crippen LogP contribution < -0.4 is 10.6 Å². The van der Waals surface area contributed by atoms with Crippen molar-refractivity contribution >= 4 is 11.8 Å². The molecule has 2 fully saturated rings. The van der Waals surface area contributed by atoms with Crippen LogP contribution in [0.25, 0.3) is 0 Å². The van der Waals surface area contributed by atoms with Crippen LogP contribution in [0, 0.1) is 10.8 Å². The minimum absolute atomic E-state index is 0.146. The van der Waals surface area contributed by atoms with E-state index in [-0.39, 0.29) is 17.9 Å². The van der Waals surface area contributed by atoms with Gasteiger partial charge in [0.15, 0.2) is 0 Å². The van der Waals surface area contributed by atoms with Crippen molar-refractivity contribution in [3.8, 4) is 0 Å². The van der Waals surface area contributed by atoms with Gasteiger partial charge in [0.1, 0.15) is 0 Å². The zero-order valence-electron chi connectivity index (χ0n) is 12.5. The fourth-order valence-electron chi connectivity index (χ4n) is 4.10. The monoisotopic (exact) mass is 266 g/mol. The molecule has 0 spiro atoms. The molecule has 2 N–H and O–H groups in total. The largest absolute Gasteiger partial charge is 0.303 e. The van der Waals surface area contributed by atoms with E-state index in [1.165, 1.54) is 6.42 Å². The molecule has 19 heavy (non-hydrogen) atoms. The SMILES string of the molecule is CC1(C)CC(NC2CCC(=O)NC2=O)CC(C)(C)C1. The highest BCUT2D eigenvalue weighted by Crippen LogP contribution is 2.45. The Morgan fingerprint density at radius 3 is 2.21 bits per heavy atom. The lowest BCUT2D eigenvalue weighted by Gasteiger charge is -2.46. The first-order chi connectivity index (χ1) is 8.67. The van der Waals surface area contributed by atoms with Crippen LogP contribution in [0.4, 0.5) is 0 Å². The molecule has 4 nitrogen and oxygen atoms in total. The molecule has 2 amide bonds. The number of imide groups is 1. The third kappa shape index (κ3) is 3.78. The van der Waals surface area contributed by atoms with Crippen LogP contribution in [0.15, 0.2) is 0 Å². The smallest absolute Gasteiger partial charge is 0.243 e. The predicted molar refractivity (Wildman–Crippen MR) is 74.5 cm³/mol. The second-order valence-corrected chi connectivity index (χ2v) is 7.78. The minimum atomic E-state index is -0.201. The third-order valence-corrected chi connectivity index (χ3v) is 4.23. The van der Waals surface area contributed by atoms with Crippen LogP contribution in [0.3, 0.4) is 0 Å². The Bertz CT molecular complexity index is 372. The number of amides is 2. The molecule has 108 valence electrons. The Labute approximate surface area is 115 Å². The molecular weight excluding hydrogens is 240 g/mol. The summed E-state index contributed by atoms with van der Waals surface area (Å²) in [5.74, 6) is -0.301. The molecule has 1 aliphatic heterocycles. The van der Waals surface area contributed by atoms with Crippen molar-refractivity contribution < 1.29 is 9.59 Å². The first-order valence-electron chi connectivity index (χ1n) is 7.27. The number of carbonyl (C=O) groups excluding carboxylic acids is 2. The Balaban J connectivity index is 1.98. The van der Waals surface area contributed by atoms with Gasteiger partial charge in [0.05, 0.1) is 6.04 Å². The fraction of sp³-hybridized carbons (Fsp3) is 0.867. The average molecular weight is 266 g/mol. The highest BCUT2D eigenvalue weighted by atomic mass is 16.2. The zero-order chi connectivity index (χ0) is 14.3. The maximum atomic E-state index is 11.8. The Morgan fingerprint density at radius 1 is 1.11 bits per heavy atom. The molecular formula is C15H26N2O2. The normalized spacial score (nSPS) is 31.1. The molecule has 0 aromatic rings. The van der Waals surface area contributed by atoms with E-state index in [1.807, 2.05) is 0 Å². The van der Waals surface area contributed by atoms with Gasteiger partial charge in [-0.2, -0.15) is 0 Å². The number of hydrogen-bond acceptors (Lipinski definition) is 3. The van der Waals surface area contributed by atoms with Crippen molar-refractivity contribution in [2.24, 2.45) is 10.8 Å². The van der Waals surface area contributed by atoms with Gasteiger partial charge in [-0.3, -0.25) is 14.9 Å². The van der Waals surface area contributed by atoms with Gasteiger partial charge in [-0.15, -0.1) is 0 Å². The Kier molecular flexibility index (Phi) is 3.74. The van der Waals surface area contributed by atoms with Gasteiger partial charge in [-0.05, 0) is 36.5 Å². The van der Waals surface area contributed by atoms with Crippen molar-refractivity contribution in [2.45, 2.75) is 71.9 Å². The van der Waals surface area contributed by atoms with Crippen molar-refractivity contribution in [3.05, 3.63) is 0 Å². The molecule has 1 heterocycles. The lowest BCUT2D eigenvalue weighted by atomic mass is 9.63.